The third-order valence-corrected chi connectivity index (χ3v) is 12.4. The van der Waals surface area contributed by atoms with Crippen molar-refractivity contribution in [2.24, 2.45) is 0 Å². The molecule has 0 aliphatic rings. The van der Waals surface area contributed by atoms with Crippen molar-refractivity contribution in [1.82, 2.24) is 0 Å². The lowest BCUT2D eigenvalue weighted by Gasteiger charge is -2.26. The zero-order valence-corrected chi connectivity index (χ0v) is 31.4. The van der Waals surface area contributed by atoms with Gasteiger partial charge in [0.15, 0.2) is 0 Å². The first-order chi connectivity index (χ1) is 27.7. The van der Waals surface area contributed by atoms with Gasteiger partial charge in [0.1, 0.15) is 0 Å². The predicted octanol–water partition coefficient (Wildman–Crippen LogP) is 16.0. The fraction of sp³-hybridized carbons (Fsp3) is 0. The number of hydrogen-bond acceptors (Lipinski definition) is 2. The highest BCUT2D eigenvalue weighted by molar-refractivity contribution is 7.25. The minimum Gasteiger partial charge on any atom is -0.310 e. The Morgan fingerprint density at radius 1 is 0.250 bits per heavy atom. The van der Waals surface area contributed by atoms with Crippen molar-refractivity contribution < 1.29 is 0 Å². The van der Waals surface area contributed by atoms with Gasteiger partial charge in [-0.3, -0.25) is 0 Å². The molecule has 0 aliphatic heterocycles. The van der Waals surface area contributed by atoms with Crippen LogP contribution in [0.1, 0.15) is 0 Å². The summed E-state index contributed by atoms with van der Waals surface area (Å²) in [4.78, 5) is 2.38. The van der Waals surface area contributed by atoms with Gasteiger partial charge in [-0.05, 0) is 132 Å². The standard InChI is InChI=1S/C54H35NS/c1-2-10-40-32-43(18-16-36(40)8-1)41-11-7-12-48(34-41)55(47-28-22-38(23-29-47)44-25-31-54-52(35-44)51-14-5-6-15-53(51)56-54)46-26-20-37(21-27-46)42-24-30-50-45(33-42)19-17-39-9-3-4-13-49(39)50/h1-35H. The number of hydrogen-bond donors (Lipinski definition) is 0. The van der Waals surface area contributed by atoms with Gasteiger partial charge >= 0.3 is 0 Å². The Balaban J connectivity index is 0.987. The monoisotopic (exact) mass is 729 g/mol. The van der Waals surface area contributed by atoms with E-state index in [1.807, 2.05) is 11.3 Å². The van der Waals surface area contributed by atoms with Crippen LogP contribution in [0.2, 0.25) is 0 Å². The van der Waals surface area contributed by atoms with Crippen molar-refractivity contribution in [2.45, 2.75) is 0 Å². The van der Waals surface area contributed by atoms with Crippen LogP contribution < -0.4 is 4.90 Å². The quantitative estimate of drug-likeness (QED) is 0.154. The number of anilines is 3. The minimum absolute atomic E-state index is 1.11. The average Bonchev–Trinajstić information content (AvgIpc) is 3.65. The first-order valence-electron chi connectivity index (χ1n) is 19.2. The molecule has 1 heterocycles. The summed E-state index contributed by atoms with van der Waals surface area (Å²) in [5, 5.41) is 10.2. The van der Waals surface area contributed by atoms with Crippen LogP contribution in [0.25, 0.3) is 85.9 Å². The van der Waals surface area contributed by atoms with E-state index in [0.717, 1.165) is 17.1 Å². The maximum atomic E-state index is 2.38. The molecule has 262 valence electrons. The Bertz CT molecular complexity index is 3250. The lowest BCUT2D eigenvalue weighted by molar-refractivity contribution is 1.28. The molecule has 1 nitrogen and oxygen atoms in total. The molecule has 0 aliphatic carbocycles. The average molecular weight is 730 g/mol. The van der Waals surface area contributed by atoms with E-state index in [-0.39, 0.29) is 0 Å². The summed E-state index contributed by atoms with van der Waals surface area (Å²) >= 11 is 1.86. The lowest BCUT2D eigenvalue weighted by atomic mass is 9.97. The van der Waals surface area contributed by atoms with Crippen LogP contribution in [0, 0.1) is 0 Å². The molecule has 1 aromatic heterocycles. The second-order valence-corrected chi connectivity index (χ2v) is 15.7. The SMILES string of the molecule is c1cc(-c2ccc3ccccc3c2)cc(N(c2ccc(-c3ccc4c(ccc5ccccc54)c3)cc2)c2ccc(-c3ccc4sc5ccccc5c4c3)cc2)c1. The molecule has 0 atom stereocenters. The molecule has 0 amide bonds. The number of benzene rings is 10. The van der Waals surface area contributed by atoms with Gasteiger partial charge in [-0.1, -0.05) is 146 Å². The summed E-state index contributed by atoms with van der Waals surface area (Å²) in [6, 6.07) is 77.8. The van der Waals surface area contributed by atoms with Gasteiger partial charge in [-0.25, -0.2) is 0 Å². The van der Waals surface area contributed by atoms with Crippen molar-refractivity contribution in [2.75, 3.05) is 4.90 Å². The highest BCUT2D eigenvalue weighted by atomic mass is 32.1. The molecule has 0 spiro atoms. The molecule has 0 unspecified atom stereocenters. The number of thiophene rings is 1. The smallest absolute Gasteiger partial charge is 0.0467 e. The zero-order chi connectivity index (χ0) is 37.0. The van der Waals surface area contributed by atoms with Crippen molar-refractivity contribution >= 4 is 80.9 Å². The molecule has 11 aromatic rings. The lowest BCUT2D eigenvalue weighted by Crippen LogP contribution is -2.10. The van der Waals surface area contributed by atoms with E-state index in [1.165, 1.54) is 85.9 Å². The molecule has 0 fully saturated rings. The van der Waals surface area contributed by atoms with Crippen molar-refractivity contribution in [3.8, 4) is 33.4 Å². The first-order valence-corrected chi connectivity index (χ1v) is 20.0. The minimum atomic E-state index is 1.11. The predicted molar refractivity (Wildman–Crippen MR) is 243 cm³/mol. The highest BCUT2D eigenvalue weighted by Gasteiger charge is 2.15. The van der Waals surface area contributed by atoms with Crippen LogP contribution in [-0.2, 0) is 0 Å². The molecular formula is C54H35NS. The molecule has 56 heavy (non-hydrogen) atoms. The molecule has 2 heteroatoms. The molecule has 0 bridgehead atoms. The first kappa shape index (κ1) is 32.4. The fourth-order valence-electron chi connectivity index (χ4n) is 8.34. The summed E-state index contributed by atoms with van der Waals surface area (Å²) in [5.74, 6) is 0. The van der Waals surface area contributed by atoms with Crippen LogP contribution in [0.3, 0.4) is 0 Å². The van der Waals surface area contributed by atoms with E-state index in [9.17, 15) is 0 Å². The second-order valence-electron chi connectivity index (χ2n) is 14.6. The number of rotatable bonds is 6. The van der Waals surface area contributed by atoms with E-state index in [1.54, 1.807) is 0 Å². The third-order valence-electron chi connectivity index (χ3n) is 11.2. The summed E-state index contributed by atoms with van der Waals surface area (Å²) in [5.41, 5.74) is 10.6. The Morgan fingerprint density at radius 3 is 1.57 bits per heavy atom. The van der Waals surface area contributed by atoms with E-state index in [4.69, 9.17) is 0 Å². The van der Waals surface area contributed by atoms with Crippen LogP contribution >= 0.6 is 11.3 Å². The van der Waals surface area contributed by atoms with Gasteiger partial charge in [0.05, 0.1) is 0 Å². The number of fused-ring (bicyclic) bond motifs is 7. The molecular weight excluding hydrogens is 695 g/mol. The number of nitrogens with zero attached hydrogens (tertiary/aromatic N) is 1. The Hall–Kier alpha value is -7.00. The van der Waals surface area contributed by atoms with Gasteiger partial charge < -0.3 is 4.90 Å². The maximum absolute atomic E-state index is 2.38. The van der Waals surface area contributed by atoms with E-state index in [0.29, 0.717) is 0 Å². The van der Waals surface area contributed by atoms with Crippen molar-refractivity contribution in [1.29, 1.82) is 0 Å². The van der Waals surface area contributed by atoms with Crippen LogP contribution in [0.15, 0.2) is 212 Å². The second kappa shape index (κ2) is 13.4. The van der Waals surface area contributed by atoms with Gasteiger partial charge in [-0.15, -0.1) is 11.3 Å². The fourth-order valence-corrected chi connectivity index (χ4v) is 9.43. The molecule has 0 radical (unpaired) electrons. The van der Waals surface area contributed by atoms with Crippen LogP contribution in [0.5, 0.6) is 0 Å². The Labute approximate surface area is 330 Å². The molecule has 0 saturated carbocycles. The van der Waals surface area contributed by atoms with Crippen molar-refractivity contribution in [3.63, 3.8) is 0 Å². The molecule has 0 N–H and O–H groups in total. The van der Waals surface area contributed by atoms with Gasteiger partial charge in [0.25, 0.3) is 0 Å². The molecule has 11 rings (SSSR count). The summed E-state index contributed by atoms with van der Waals surface area (Å²) in [7, 11) is 0. The highest BCUT2D eigenvalue weighted by Crippen LogP contribution is 2.41. The van der Waals surface area contributed by atoms with Crippen molar-refractivity contribution in [3.05, 3.63) is 212 Å². The Morgan fingerprint density at radius 2 is 0.768 bits per heavy atom. The van der Waals surface area contributed by atoms with E-state index >= 15 is 0 Å². The maximum Gasteiger partial charge on any atom is 0.0467 e. The zero-order valence-electron chi connectivity index (χ0n) is 30.6. The summed E-state index contributed by atoms with van der Waals surface area (Å²) in [6.45, 7) is 0. The Kier molecular flexibility index (Phi) is 7.75. The molecule has 0 saturated heterocycles. The van der Waals surface area contributed by atoms with Crippen LogP contribution in [0.4, 0.5) is 17.1 Å². The van der Waals surface area contributed by atoms with E-state index < -0.39 is 0 Å². The van der Waals surface area contributed by atoms with E-state index in [2.05, 4.69) is 217 Å². The van der Waals surface area contributed by atoms with Gasteiger partial charge in [0.2, 0.25) is 0 Å². The topological polar surface area (TPSA) is 3.24 Å². The molecule has 10 aromatic carbocycles. The normalized spacial score (nSPS) is 11.6. The summed E-state index contributed by atoms with van der Waals surface area (Å²) in [6.07, 6.45) is 0. The summed E-state index contributed by atoms with van der Waals surface area (Å²) < 4.78 is 2.65. The van der Waals surface area contributed by atoms with Gasteiger partial charge in [-0.2, -0.15) is 0 Å². The largest absolute Gasteiger partial charge is 0.310 e. The van der Waals surface area contributed by atoms with Gasteiger partial charge in [0, 0.05) is 37.2 Å². The third kappa shape index (κ3) is 5.71. The van der Waals surface area contributed by atoms with Crippen LogP contribution in [-0.4, -0.2) is 0 Å².